The van der Waals surface area contributed by atoms with E-state index < -0.39 is 0 Å². The molecule has 0 spiro atoms. The number of aromatic nitrogens is 2. The molecule has 7 nitrogen and oxygen atoms in total. The lowest BCUT2D eigenvalue weighted by atomic mass is 9.96. The van der Waals surface area contributed by atoms with E-state index in [1.54, 1.807) is 0 Å². The zero-order valence-electron chi connectivity index (χ0n) is 18.3. The van der Waals surface area contributed by atoms with Gasteiger partial charge in [0.05, 0.1) is 0 Å². The Balaban J connectivity index is 1.53. The molecule has 0 aliphatic carbocycles. The van der Waals surface area contributed by atoms with Gasteiger partial charge >= 0.3 is 0 Å². The SMILES string of the molecule is CCN1CCN(c2ccc(NC(=O)CCc3nc(C(C)(C)C)no3)cc2C)CC1. The molecule has 29 heavy (non-hydrogen) atoms. The quantitative estimate of drug-likeness (QED) is 0.803. The van der Waals surface area contributed by atoms with Crippen molar-refractivity contribution in [2.75, 3.05) is 42.9 Å². The Bertz CT molecular complexity index is 832. The first-order valence-electron chi connectivity index (χ1n) is 10.5. The van der Waals surface area contributed by atoms with Gasteiger partial charge in [-0.3, -0.25) is 4.79 Å². The van der Waals surface area contributed by atoms with Gasteiger partial charge in [-0.25, -0.2) is 0 Å². The van der Waals surface area contributed by atoms with Crippen LogP contribution in [0, 0.1) is 6.92 Å². The van der Waals surface area contributed by atoms with Crippen LogP contribution in [-0.4, -0.2) is 53.7 Å². The highest BCUT2D eigenvalue weighted by atomic mass is 16.5. The van der Waals surface area contributed by atoms with Crippen LogP contribution in [0.3, 0.4) is 0 Å². The maximum absolute atomic E-state index is 12.3. The Morgan fingerprint density at radius 1 is 1.21 bits per heavy atom. The van der Waals surface area contributed by atoms with Crippen molar-refractivity contribution in [3.63, 3.8) is 0 Å². The fourth-order valence-corrected chi connectivity index (χ4v) is 3.50. The molecule has 1 amide bonds. The highest BCUT2D eigenvalue weighted by Gasteiger charge is 2.21. The Labute approximate surface area is 173 Å². The van der Waals surface area contributed by atoms with Crippen molar-refractivity contribution < 1.29 is 9.32 Å². The summed E-state index contributed by atoms with van der Waals surface area (Å²) in [5, 5.41) is 6.98. The molecule has 1 aromatic heterocycles. The minimum atomic E-state index is -0.160. The molecule has 0 unspecified atom stereocenters. The highest BCUT2D eigenvalue weighted by Crippen LogP contribution is 2.25. The summed E-state index contributed by atoms with van der Waals surface area (Å²) in [4.78, 5) is 21.6. The van der Waals surface area contributed by atoms with Gasteiger partial charge < -0.3 is 19.6 Å². The van der Waals surface area contributed by atoms with E-state index in [1.807, 2.05) is 32.9 Å². The second-order valence-corrected chi connectivity index (χ2v) is 8.73. The molecule has 7 heteroatoms. The minimum absolute atomic E-state index is 0.0516. The zero-order chi connectivity index (χ0) is 21.0. The summed E-state index contributed by atoms with van der Waals surface area (Å²) in [6.07, 6.45) is 0.749. The summed E-state index contributed by atoms with van der Waals surface area (Å²) in [6, 6.07) is 6.14. The van der Waals surface area contributed by atoms with Crippen molar-refractivity contribution >= 4 is 17.3 Å². The molecule has 1 fully saturated rings. The molecular formula is C22H33N5O2. The lowest BCUT2D eigenvalue weighted by Crippen LogP contribution is -2.46. The van der Waals surface area contributed by atoms with E-state index in [4.69, 9.17) is 4.52 Å². The molecule has 2 heterocycles. The molecule has 1 saturated heterocycles. The van der Waals surface area contributed by atoms with E-state index in [-0.39, 0.29) is 11.3 Å². The molecule has 0 atom stereocenters. The smallest absolute Gasteiger partial charge is 0.227 e. The Kier molecular flexibility index (Phi) is 6.57. The van der Waals surface area contributed by atoms with Crippen LogP contribution >= 0.6 is 0 Å². The van der Waals surface area contributed by atoms with Crippen LogP contribution in [0.2, 0.25) is 0 Å². The van der Waals surface area contributed by atoms with Crippen molar-refractivity contribution in [1.29, 1.82) is 0 Å². The number of likely N-dealkylation sites (N-methyl/N-ethyl adjacent to an activating group) is 1. The molecule has 1 aliphatic heterocycles. The molecule has 158 valence electrons. The lowest BCUT2D eigenvalue weighted by Gasteiger charge is -2.36. The first-order valence-corrected chi connectivity index (χ1v) is 10.5. The summed E-state index contributed by atoms with van der Waals surface area (Å²) in [5.41, 5.74) is 3.09. The molecule has 0 bridgehead atoms. The van der Waals surface area contributed by atoms with E-state index in [0.29, 0.717) is 24.6 Å². The predicted molar refractivity (Wildman–Crippen MR) is 115 cm³/mol. The van der Waals surface area contributed by atoms with Gasteiger partial charge in [0, 0.05) is 55.8 Å². The van der Waals surface area contributed by atoms with E-state index in [1.165, 1.54) is 11.3 Å². The number of nitrogens with one attached hydrogen (secondary N) is 1. The van der Waals surface area contributed by atoms with Crippen molar-refractivity contribution in [2.24, 2.45) is 0 Å². The average Bonchev–Trinajstić information content (AvgIpc) is 3.16. The van der Waals surface area contributed by atoms with Crippen molar-refractivity contribution in [2.45, 2.75) is 52.9 Å². The first kappa shape index (κ1) is 21.3. The van der Waals surface area contributed by atoms with Crippen LogP contribution in [0.4, 0.5) is 11.4 Å². The van der Waals surface area contributed by atoms with Gasteiger partial charge in [-0.1, -0.05) is 32.9 Å². The first-order chi connectivity index (χ1) is 13.8. The van der Waals surface area contributed by atoms with Crippen LogP contribution in [0.25, 0.3) is 0 Å². The van der Waals surface area contributed by atoms with Crippen molar-refractivity contribution in [3.05, 3.63) is 35.5 Å². The Morgan fingerprint density at radius 3 is 2.52 bits per heavy atom. The van der Waals surface area contributed by atoms with Crippen LogP contribution in [0.1, 0.15) is 51.4 Å². The van der Waals surface area contributed by atoms with Gasteiger partial charge in [-0.2, -0.15) is 4.98 Å². The average molecular weight is 400 g/mol. The second-order valence-electron chi connectivity index (χ2n) is 8.73. The normalized spacial score (nSPS) is 15.6. The second kappa shape index (κ2) is 8.95. The minimum Gasteiger partial charge on any atom is -0.369 e. The third kappa shape index (κ3) is 5.56. The molecule has 1 N–H and O–H groups in total. The van der Waals surface area contributed by atoms with Crippen LogP contribution in [-0.2, 0) is 16.6 Å². The number of carbonyl (C=O) groups is 1. The Morgan fingerprint density at radius 2 is 1.93 bits per heavy atom. The number of piperazine rings is 1. The molecule has 0 saturated carbocycles. The van der Waals surface area contributed by atoms with E-state index >= 15 is 0 Å². The molecule has 3 rings (SSSR count). The van der Waals surface area contributed by atoms with Crippen LogP contribution < -0.4 is 10.2 Å². The number of nitrogens with zero attached hydrogens (tertiary/aromatic N) is 4. The molecule has 0 radical (unpaired) electrons. The third-order valence-corrected chi connectivity index (χ3v) is 5.35. The van der Waals surface area contributed by atoms with E-state index in [0.717, 1.165) is 38.4 Å². The van der Waals surface area contributed by atoms with Gasteiger partial charge in [0.25, 0.3) is 0 Å². The standard InChI is InChI=1S/C22H33N5O2/c1-6-26-11-13-27(14-12-26)18-8-7-17(15-16(18)2)23-19(28)9-10-20-24-21(25-29-20)22(3,4)5/h7-8,15H,6,9-14H2,1-5H3,(H,23,28). The third-order valence-electron chi connectivity index (χ3n) is 5.35. The highest BCUT2D eigenvalue weighted by molar-refractivity contribution is 5.91. The number of rotatable bonds is 6. The summed E-state index contributed by atoms with van der Waals surface area (Å²) < 4.78 is 5.26. The van der Waals surface area contributed by atoms with Gasteiger partial charge in [0.1, 0.15) is 0 Å². The number of carbonyl (C=O) groups excluding carboxylic acids is 1. The molecule has 2 aromatic rings. The number of benzene rings is 1. The maximum Gasteiger partial charge on any atom is 0.227 e. The van der Waals surface area contributed by atoms with Crippen LogP contribution in [0.5, 0.6) is 0 Å². The van der Waals surface area contributed by atoms with Crippen molar-refractivity contribution in [1.82, 2.24) is 15.0 Å². The van der Waals surface area contributed by atoms with Gasteiger partial charge in [-0.05, 0) is 37.2 Å². The predicted octanol–water partition coefficient (Wildman–Crippen LogP) is 3.39. The fourth-order valence-electron chi connectivity index (χ4n) is 3.50. The molecular weight excluding hydrogens is 366 g/mol. The van der Waals surface area contributed by atoms with E-state index in [9.17, 15) is 4.79 Å². The number of aryl methyl sites for hydroxylation is 2. The van der Waals surface area contributed by atoms with E-state index in [2.05, 4.69) is 45.2 Å². The van der Waals surface area contributed by atoms with Gasteiger partial charge in [0.2, 0.25) is 11.8 Å². The number of anilines is 2. The molecule has 1 aromatic carbocycles. The van der Waals surface area contributed by atoms with Crippen LogP contribution in [0.15, 0.2) is 22.7 Å². The Hall–Kier alpha value is -2.41. The fraction of sp³-hybridized carbons (Fsp3) is 0.591. The lowest BCUT2D eigenvalue weighted by molar-refractivity contribution is -0.116. The number of amides is 1. The topological polar surface area (TPSA) is 74.5 Å². The number of hydrogen-bond donors (Lipinski definition) is 1. The summed E-state index contributed by atoms with van der Waals surface area (Å²) in [5.74, 6) is 1.12. The summed E-state index contributed by atoms with van der Waals surface area (Å²) in [6.45, 7) is 15.8. The number of hydrogen-bond acceptors (Lipinski definition) is 6. The van der Waals surface area contributed by atoms with Gasteiger partial charge in [0.15, 0.2) is 5.82 Å². The largest absolute Gasteiger partial charge is 0.369 e. The monoisotopic (exact) mass is 399 g/mol. The summed E-state index contributed by atoms with van der Waals surface area (Å²) >= 11 is 0. The summed E-state index contributed by atoms with van der Waals surface area (Å²) in [7, 11) is 0. The maximum atomic E-state index is 12.3. The van der Waals surface area contributed by atoms with Gasteiger partial charge in [-0.15, -0.1) is 0 Å². The molecule has 1 aliphatic rings. The van der Waals surface area contributed by atoms with Crippen molar-refractivity contribution in [3.8, 4) is 0 Å². The zero-order valence-corrected chi connectivity index (χ0v) is 18.3.